The van der Waals surface area contributed by atoms with E-state index < -0.39 is 0 Å². The quantitative estimate of drug-likeness (QED) is 0.753. The van der Waals surface area contributed by atoms with Crippen LogP contribution in [-0.2, 0) is 0 Å². The van der Waals surface area contributed by atoms with Crippen molar-refractivity contribution >= 4 is 5.82 Å². The van der Waals surface area contributed by atoms with Crippen molar-refractivity contribution in [2.75, 3.05) is 11.9 Å². The lowest BCUT2D eigenvalue weighted by Crippen LogP contribution is -2.19. The molecule has 0 aliphatic carbocycles. The van der Waals surface area contributed by atoms with Crippen LogP contribution in [0.4, 0.5) is 5.82 Å². The van der Waals surface area contributed by atoms with Gasteiger partial charge in [-0.05, 0) is 25.5 Å². The molecule has 0 saturated heterocycles. The number of anilines is 1. The summed E-state index contributed by atoms with van der Waals surface area (Å²) >= 11 is 0. The van der Waals surface area contributed by atoms with E-state index in [0.717, 1.165) is 24.4 Å². The van der Waals surface area contributed by atoms with Crippen molar-refractivity contribution in [1.82, 2.24) is 4.98 Å². The topological polar surface area (TPSA) is 45.1 Å². The third kappa shape index (κ3) is 3.75. The van der Waals surface area contributed by atoms with E-state index in [-0.39, 0.29) is 6.10 Å². The molecule has 3 heteroatoms. The third-order valence-corrected chi connectivity index (χ3v) is 2.03. The number of aliphatic hydroxyl groups is 1. The average molecular weight is 194 g/mol. The van der Waals surface area contributed by atoms with Gasteiger partial charge in [-0.25, -0.2) is 4.98 Å². The molecule has 0 fully saturated rings. The first kappa shape index (κ1) is 11.0. The maximum Gasteiger partial charge on any atom is 0.126 e. The molecule has 1 atom stereocenters. The van der Waals surface area contributed by atoms with E-state index in [2.05, 4.69) is 17.2 Å². The Labute approximate surface area is 85.2 Å². The van der Waals surface area contributed by atoms with Crippen LogP contribution in [0.25, 0.3) is 0 Å². The van der Waals surface area contributed by atoms with Crippen molar-refractivity contribution in [1.29, 1.82) is 0 Å². The Kier molecular flexibility index (Phi) is 4.40. The standard InChI is InChI=1S/C11H18N2O/c1-3-5-10(14)8-12-11-7-4-6-9(2)13-11/h4,6-7,10,14H,3,5,8H2,1-2H3,(H,12,13). The van der Waals surface area contributed by atoms with E-state index >= 15 is 0 Å². The molecule has 0 amide bonds. The van der Waals surface area contributed by atoms with Crippen molar-refractivity contribution in [2.24, 2.45) is 0 Å². The number of aryl methyl sites for hydroxylation is 1. The minimum Gasteiger partial charge on any atom is -0.391 e. The molecule has 0 radical (unpaired) electrons. The van der Waals surface area contributed by atoms with Crippen molar-refractivity contribution in [2.45, 2.75) is 32.8 Å². The summed E-state index contributed by atoms with van der Waals surface area (Å²) in [4.78, 5) is 4.28. The van der Waals surface area contributed by atoms with Gasteiger partial charge in [0.25, 0.3) is 0 Å². The van der Waals surface area contributed by atoms with Gasteiger partial charge in [0.1, 0.15) is 5.82 Å². The molecule has 0 spiro atoms. The fourth-order valence-electron chi connectivity index (χ4n) is 1.30. The largest absolute Gasteiger partial charge is 0.391 e. The van der Waals surface area contributed by atoms with Crippen molar-refractivity contribution < 1.29 is 5.11 Å². The normalized spacial score (nSPS) is 12.5. The summed E-state index contributed by atoms with van der Waals surface area (Å²) < 4.78 is 0. The molecule has 1 unspecified atom stereocenters. The first-order chi connectivity index (χ1) is 6.72. The summed E-state index contributed by atoms with van der Waals surface area (Å²) in [6, 6.07) is 5.82. The van der Waals surface area contributed by atoms with Gasteiger partial charge in [-0.2, -0.15) is 0 Å². The van der Waals surface area contributed by atoms with Crippen LogP contribution in [0.2, 0.25) is 0 Å². The highest BCUT2D eigenvalue weighted by molar-refractivity contribution is 5.35. The lowest BCUT2D eigenvalue weighted by molar-refractivity contribution is 0.176. The zero-order chi connectivity index (χ0) is 10.4. The molecule has 3 nitrogen and oxygen atoms in total. The lowest BCUT2D eigenvalue weighted by Gasteiger charge is -2.11. The predicted molar refractivity (Wildman–Crippen MR) is 58.4 cm³/mol. The number of hydrogen-bond donors (Lipinski definition) is 2. The second-order valence-corrected chi connectivity index (χ2v) is 3.49. The summed E-state index contributed by atoms with van der Waals surface area (Å²) in [7, 11) is 0. The van der Waals surface area contributed by atoms with Crippen LogP contribution in [-0.4, -0.2) is 22.7 Å². The molecule has 0 saturated carbocycles. The van der Waals surface area contributed by atoms with Crippen LogP contribution in [0.15, 0.2) is 18.2 Å². The van der Waals surface area contributed by atoms with Gasteiger partial charge in [0.2, 0.25) is 0 Å². The van der Waals surface area contributed by atoms with E-state index in [1.165, 1.54) is 0 Å². The van der Waals surface area contributed by atoms with E-state index in [4.69, 9.17) is 0 Å². The Hall–Kier alpha value is -1.09. The summed E-state index contributed by atoms with van der Waals surface area (Å²) in [5, 5.41) is 12.6. The van der Waals surface area contributed by atoms with Gasteiger partial charge >= 0.3 is 0 Å². The SMILES string of the molecule is CCCC(O)CNc1cccc(C)n1. The fraction of sp³-hybridized carbons (Fsp3) is 0.545. The summed E-state index contributed by atoms with van der Waals surface area (Å²) in [6.45, 7) is 4.59. The highest BCUT2D eigenvalue weighted by Crippen LogP contribution is 2.04. The van der Waals surface area contributed by atoms with E-state index in [9.17, 15) is 5.11 Å². The van der Waals surface area contributed by atoms with Crippen molar-refractivity contribution in [3.05, 3.63) is 23.9 Å². The third-order valence-electron chi connectivity index (χ3n) is 2.03. The number of hydrogen-bond acceptors (Lipinski definition) is 3. The van der Waals surface area contributed by atoms with Crippen molar-refractivity contribution in [3.63, 3.8) is 0 Å². The Morgan fingerprint density at radius 3 is 2.93 bits per heavy atom. The van der Waals surface area contributed by atoms with Crippen LogP contribution < -0.4 is 5.32 Å². The molecular weight excluding hydrogens is 176 g/mol. The second kappa shape index (κ2) is 5.60. The summed E-state index contributed by atoms with van der Waals surface area (Å²) in [6.07, 6.45) is 1.56. The smallest absolute Gasteiger partial charge is 0.126 e. The molecule has 0 aliphatic rings. The lowest BCUT2D eigenvalue weighted by atomic mass is 10.2. The molecule has 78 valence electrons. The highest BCUT2D eigenvalue weighted by Gasteiger charge is 2.02. The Bertz CT molecular complexity index is 276. The van der Waals surface area contributed by atoms with Crippen LogP contribution in [0.1, 0.15) is 25.5 Å². The monoisotopic (exact) mass is 194 g/mol. The molecule has 0 bridgehead atoms. The zero-order valence-corrected chi connectivity index (χ0v) is 8.83. The van der Waals surface area contributed by atoms with Crippen LogP contribution >= 0.6 is 0 Å². The number of aromatic nitrogens is 1. The van der Waals surface area contributed by atoms with Gasteiger partial charge in [-0.1, -0.05) is 19.4 Å². The second-order valence-electron chi connectivity index (χ2n) is 3.49. The first-order valence-corrected chi connectivity index (χ1v) is 5.08. The molecular formula is C11H18N2O. The van der Waals surface area contributed by atoms with E-state index in [1.807, 2.05) is 25.1 Å². The minimum absolute atomic E-state index is 0.276. The molecule has 1 heterocycles. The first-order valence-electron chi connectivity index (χ1n) is 5.08. The highest BCUT2D eigenvalue weighted by atomic mass is 16.3. The van der Waals surface area contributed by atoms with E-state index in [0.29, 0.717) is 6.54 Å². The number of aliphatic hydroxyl groups excluding tert-OH is 1. The van der Waals surface area contributed by atoms with Gasteiger partial charge in [0.05, 0.1) is 6.10 Å². The Balaban J connectivity index is 2.37. The van der Waals surface area contributed by atoms with Crippen LogP contribution in [0.3, 0.4) is 0 Å². The number of nitrogens with one attached hydrogen (secondary N) is 1. The molecule has 2 N–H and O–H groups in total. The average Bonchev–Trinajstić information content (AvgIpc) is 2.15. The maximum atomic E-state index is 9.49. The Morgan fingerprint density at radius 2 is 2.29 bits per heavy atom. The van der Waals surface area contributed by atoms with Gasteiger partial charge in [0, 0.05) is 12.2 Å². The molecule has 1 rings (SSSR count). The summed E-state index contributed by atoms with van der Waals surface area (Å²) in [5.74, 6) is 0.833. The van der Waals surface area contributed by atoms with Gasteiger partial charge in [-0.15, -0.1) is 0 Å². The Morgan fingerprint density at radius 1 is 1.50 bits per heavy atom. The molecule has 14 heavy (non-hydrogen) atoms. The van der Waals surface area contributed by atoms with Crippen LogP contribution in [0.5, 0.6) is 0 Å². The molecule has 0 aromatic carbocycles. The number of pyridine rings is 1. The van der Waals surface area contributed by atoms with Gasteiger partial charge in [-0.3, -0.25) is 0 Å². The van der Waals surface area contributed by atoms with Crippen LogP contribution in [0, 0.1) is 6.92 Å². The zero-order valence-electron chi connectivity index (χ0n) is 8.83. The number of rotatable bonds is 5. The maximum absolute atomic E-state index is 9.49. The van der Waals surface area contributed by atoms with Crippen molar-refractivity contribution in [3.8, 4) is 0 Å². The number of nitrogens with zero attached hydrogens (tertiary/aromatic N) is 1. The minimum atomic E-state index is -0.276. The predicted octanol–water partition coefficient (Wildman–Crippen LogP) is 1.96. The molecule has 0 aliphatic heterocycles. The molecule has 1 aromatic rings. The van der Waals surface area contributed by atoms with E-state index in [1.54, 1.807) is 0 Å². The fourth-order valence-corrected chi connectivity index (χ4v) is 1.30. The summed E-state index contributed by atoms with van der Waals surface area (Å²) in [5.41, 5.74) is 0.986. The molecule has 1 aromatic heterocycles. The van der Waals surface area contributed by atoms with Gasteiger partial charge < -0.3 is 10.4 Å². The van der Waals surface area contributed by atoms with Gasteiger partial charge in [0.15, 0.2) is 0 Å².